The first kappa shape index (κ1) is 8.02. The number of hydrogen-bond donors (Lipinski definition) is 0. The molecule has 2 heteroatoms. The monoisotopic (exact) mass is 143 g/mol. The summed E-state index contributed by atoms with van der Waals surface area (Å²) in [6.45, 7) is 6.06. The molecule has 1 aliphatic heterocycles. The summed E-state index contributed by atoms with van der Waals surface area (Å²) in [6, 6.07) is 1.46. The first-order valence-electron chi connectivity index (χ1n) is 4.05. The van der Waals surface area contributed by atoms with Crippen LogP contribution in [-0.4, -0.2) is 37.2 Å². The minimum absolute atomic E-state index is 0.690. The average Bonchev–Trinajstić information content (AvgIpc) is 1.97. The third-order valence-electron chi connectivity index (χ3n) is 2.40. The zero-order valence-electron chi connectivity index (χ0n) is 7.13. The Balaban J connectivity index is 2.08. The molecular formula is C8H17NO. The van der Waals surface area contributed by atoms with Crippen molar-refractivity contribution in [1.82, 2.24) is 4.90 Å². The normalized spacial score (nSPS) is 33.9. The quantitative estimate of drug-likeness (QED) is 0.587. The van der Waals surface area contributed by atoms with Crippen LogP contribution in [0.5, 0.6) is 0 Å². The Labute approximate surface area is 63.2 Å². The van der Waals surface area contributed by atoms with E-state index < -0.39 is 0 Å². The van der Waals surface area contributed by atoms with Crippen molar-refractivity contribution in [1.29, 1.82) is 0 Å². The summed E-state index contributed by atoms with van der Waals surface area (Å²) in [5, 5.41) is 0. The third-order valence-corrected chi connectivity index (χ3v) is 2.40. The minimum Gasteiger partial charge on any atom is -0.380 e. The van der Waals surface area contributed by atoms with Crippen LogP contribution in [0.2, 0.25) is 0 Å². The molecule has 0 radical (unpaired) electrons. The van der Waals surface area contributed by atoms with Crippen molar-refractivity contribution in [2.24, 2.45) is 0 Å². The highest BCUT2D eigenvalue weighted by atomic mass is 16.5. The highest BCUT2D eigenvalue weighted by Gasteiger charge is 2.31. The summed E-state index contributed by atoms with van der Waals surface area (Å²) < 4.78 is 5.31. The lowest BCUT2D eigenvalue weighted by molar-refractivity contribution is -0.0110. The van der Waals surface area contributed by atoms with E-state index in [0.29, 0.717) is 6.04 Å². The second-order valence-corrected chi connectivity index (χ2v) is 3.06. The Kier molecular flexibility index (Phi) is 2.69. The van der Waals surface area contributed by atoms with E-state index in [2.05, 4.69) is 18.9 Å². The predicted octanol–water partition coefficient (Wildman–Crippen LogP) is 1.12. The van der Waals surface area contributed by atoms with Gasteiger partial charge in [-0.1, -0.05) is 0 Å². The standard InChI is InChI=1S/C8H17NO/c1-4-10-6-8-5-7(2)9(8)3/h7-8H,4-6H2,1-3H3. The van der Waals surface area contributed by atoms with Crippen molar-refractivity contribution in [2.45, 2.75) is 32.4 Å². The number of nitrogens with zero attached hydrogens (tertiary/aromatic N) is 1. The molecule has 1 aliphatic rings. The van der Waals surface area contributed by atoms with Crippen molar-refractivity contribution in [3.63, 3.8) is 0 Å². The van der Waals surface area contributed by atoms with E-state index in [4.69, 9.17) is 4.74 Å². The largest absolute Gasteiger partial charge is 0.380 e. The summed E-state index contributed by atoms with van der Waals surface area (Å²) in [5.74, 6) is 0. The molecule has 0 spiro atoms. The Morgan fingerprint density at radius 1 is 1.60 bits per heavy atom. The molecule has 0 amide bonds. The zero-order valence-corrected chi connectivity index (χ0v) is 7.13. The van der Waals surface area contributed by atoms with Gasteiger partial charge in [-0.3, -0.25) is 4.90 Å². The fourth-order valence-electron chi connectivity index (χ4n) is 1.39. The molecule has 1 rings (SSSR count). The van der Waals surface area contributed by atoms with Crippen LogP contribution >= 0.6 is 0 Å². The molecule has 2 nitrogen and oxygen atoms in total. The van der Waals surface area contributed by atoms with Crippen molar-refractivity contribution in [3.8, 4) is 0 Å². The first-order chi connectivity index (χ1) is 4.75. The fraction of sp³-hybridized carbons (Fsp3) is 1.00. The number of ether oxygens (including phenoxy) is 1. The zero-order chi connectivity index (χ0) is 7.56. The van der Waals surface area contributed by atoms with Gasteiger partial charge in [0.1, 0.15) is 0 Å². The Morgan fingerprint density at radius 2 is 2.30 bits per heavy atom. The molecule has 0 aromatic carbocycles. The van der Waals surface area contributed by atoms with Crippen molar-refractivity contribution >= 4 is 0 Å². The molecular weight excluding hydrogens is 126 g/mol. The molecule has 2 unspecified atom stereocenters. The van der Waals surface area contributed by atoms with E-state index in [0.717, 1.165) is 19.3 Å². The van der Waals surface area contributed by atoms with Crippen molar-refractivity contribution in [3.05, 3.63) is 0 Å². The minimum atomic E-state index is 0.690. The van der Waals surface area contributed by atoms with Gasteiger partial charge < -0.3 is 4.74 Å². The molecule has 10 heavy (non-hydrogen) atoms. The maximum atomic E-state index is 5.31. The van der Waals surface area contributed by atoms with E-state index in [9.17, 15) is 0 Å². The fourth-order valence-corrected chi connectivity index (χ4v) is 1.39. The van der Waals surface area contributed by atoms with Crippen LogP contribution in [0.4, 0.5) is 0 Å². The lowest BCUT2D eigenvalue weighted by Gasteiger charge is -2.44. The second-order valence-electron chi connectivity index (χ2n) is 3.06. The van der Waals surface area contributed by atoms with Crippen LogP contribution < -0.4 is 0 Å². The van der Waals surface area contributed by atoms with Gasteiger partial charge in [-0.25, -0.2) is 0 Å². The number of likely N-dealkylation sites (N-methyl/N-ethyl adjacent to an activating group) is 1. The molecule has 60 valence electrons. The van der Waals surface area contributed by atoms with Crippen LogP contribution in [0.1, 0.15) is 20.3 Å². The van der Waals surface area contributed by atoms with Gasteiger partial charge in [0.15, 0.2) is 0 Å². The Hall–Kier alpha value is -0.0800. The van der Waals surface area contributed by atoms with Gasteiger partial charge in [0.2, 0.25) is 0 Å². The van der Waals surface area contributed by atoms with E-state index in [1.807, 2.05) is 6.92 Å². The lowest BCUT2D eigenvalue weighted by atomic mass is 9.96. The highest BCUT2D eigenvalue weighted by molar-refractivity contribution is 4.86. The topological polar surface area (TPSA) is 12.5 Å². The second kappa shape index (κ2) is 3.35. The van der Waals surface area contributed by atoms with Gasteiger partial charge in [0.05, 0.1) is 6.61 Å². The maximum absolute atomic E-state index is 5.31. The molecule has 0 saturated carbocycles. The smallest absolute Gasteiger partial charge is 0.0622 e. The van der Waals surface area contributed by atoms with E-state index in [-0.39, 0.29) is 0 Å². The number of hydrogen-bond acceptors (Lipinski definition) is 2. The molecule has 0 aromatic heterocycles. The van der Waals surface area contributed by atoms with E-state index >= 15 is 0 Å². The SMILES string of the molecule is CCOCC1CC(C)N1C. The van der Waals surface area contributed by atoms with Gasteiger partial charge in [0.25, 0.3) is 0 Å². The van der Waals surface area contributed by atoms with Gasteiger partial charge in [0, 0.05) is 18.7 Å². The molecule has 1 saturated heterocycles. The number of likely N-dealkylation sites (tertiary alicyclic amines) is 1. The van der Waals surface area contributed by atoms with Crippen LogP contribution in [0.25, 0.3) is 0 Å². The summed E-state index contributed by atoms with van der Waals surface area (Å²) in [7, 11) is 2.16. The molecule has 1 fully saturated rings. The summed E-state index contributed by atoms with van der Waals surface area (Å²) >= 11 is 0. The lowest BCUT2D eigenvalue weighted by Crippen LogP contribution is -2.53. The molecule has 0 aliphatic carbocycles. The van der Waals surface area contributed by atoms with Crippen LogP contribution in [0, 0.1) is 0 Å². The maximum Gasteiger partial charge on any atom is 0.0622 e. The number of rotatable bonds is 3. The van der Waals surface area contributed by atoms with Gasteiger partial charge in [-0.15, -0.1) is 0 Å². The van der Waals surface area contributed by atoms with E-state index in [1.165, 1.54) is 6.42 Å². The molecule has 0 N–H and O–H groups in total. The molecule has 0 bridgehead atoms. The van der Waals surface area contributed by atoms with Crippen LogP contribution in [-0.2, 0) is 4.74 Å². The predicted molar refractivity (Wildman–Crippen MR) is 42.1 cm³/mol. The van der Waals surface area contributed by atoms with Gasteiger partial charge in [-0.2, -0.15) is 0 Å². The van der Waals surface area contributed by atoms with Crippen LogP contribution in [0.3, 0.4) is 0 Å². The Morgan fingerprint density at radius 3 is 2.70 bits per heavy atom. The van der Waals surface area contributed by atoms with Crippen molar-refractivity contribution in [2.75, 3.05) is 20.3 Å². The van der Waals surface area contributed by atoms with Crippen LogP contribution in [0.15, 0.2) is 0 Å². The summed E-state index contributed by atoms with van der Waals surface area (Å²) in [6.07, 6.45) is 1.30. The molecule has 1 heterocycles. The summed E-state index contributed by atoms with van der Waals surface area (Å²) in [5.41, 5.74) is 0. The molecule has 2 atom stereocenters. The first-order valence-corrected chi connectivity index (χ1v) is 4.05. The van der Waals surface area contributed by atoms with Gasteiger partial charge >= 0.3 is 0 Å². The van der Waals surface area contributed by atoms with E-state index in [1.54, 1.807) is 0 Å². The Bertz CT molecular complexity index is 105. The van der Waals surface area contributed by atoms with Crippen molar-refractivity contribution < 1.29 is 4.74 Å². The van der Waals surface area contributed by atoms with Gasteiger partial charge in [-0.05, 0) is 27.3 Å². The molecule has 0 aromatic rings. The average molecular weight is 143 g/mol. The third kappa shape index (κ3) is 1.50. The highest BCUT2D eigenvalue weighted by Crippen LogP contribution is 2.22. The summed E-state index contributed by atoms with van der Waals surface area (Å²) in [4.78, 5) is 2.37.